The van der Waals surface area contributed by atoms with Gasteiger partial charge in [0, 0.05) is 35.1 Å². The van der Waals surface area contributed by atoms with Crippen molar-refractivity contribution in [3.63, 3.8) is 0 Å². The van der Waals surface area contributed by atoms with E-state index in [1.54, 1.807) is 36.5 Å². The third kappa shape index (κ3) is 3.71. The third-order valence-corrected chi connectivity index (χ3v) is 5.58. The monoisotopic (exact) mass is 425 g/mol. The topological polar surface area (TPSA) is 96.3 Å². The predicted molar refractivity (Wildman–Crippen MR) is 111 cm³/mol. The van der Waals surface area contributed by atoms with Gasteiger partial charge >= 0.3 is 11.7 Å². The van der Waals surface area contributed by atoms with Gasteiger partial charge in [0.25, 0.3) is 0 Å². The van der Waals surface area contributed by atoms with E-state index in [0.29, 0.717) is 16.7 Å². The summed E-state index contributed by atoms with van der Waals surface area (Å²) in [5.41, 5.74) is 3.19. The molecule has 3 aromatic heterocycles. The van der Waals surface area contributed by atoms with Crippen molar-refractivity contribution in [1.29, 1.82) is 0 Å². The molecule has 0 fully saturated rings. The number of nitrogens with zero attached hydrogens (tertiary/aromatic N) is 3. The van der Waals surface area contributed by atoms with Gasteiger partial charge in [0.1, 0.15) is 0 Å². The van der Waals surface area contributed by atoms with Crippen LogP contribution in [0.5, 0.6) is 0 Å². The Morgan fingerprint density at radius 2 is 2.03 bits per heavy atom. The Labute approximate surface area is 175 Å². The maximum Gasteiger partial charge on any atom is 0.419 e. The number of esters is 1. The molecule has 0 aliphatic carbocycles. The number of benzene rings is 1. The molecule has 0 radical (unpaired) electrons. The average Bonchev–Trinajstić information content (AvgIpc) is 3.42. The lowest BCUT2D eigenvalue weighted by Gasteiger charge is -2.07. The molecule has 0 amide bonds. The summed E-state index contributed by atoms with van der Waals surface area (Å²) in [5.74, 6) is -1.38. The second-order valence-electron chi connectivity index (χ2n) is 6.76. The first-order chi connectivity index (χ1) is 14.5. The van der Waals surface area contributed by atoms with Crippen LogP contribution in [0.15, 0.2) is 51.1 Å². The number of oxazole rings is 1. The quantitative estimate of drug-likeness (QED) is 0.333. The number of rotatable bonds is 7. The van der Waals surface area contributed by atoms with Gasteiger partial charge in [-0.1, -0.05) is 12.1 Å². The Morgan fingerprint density at radius 1 is 1.23 bits per heavy atom. The summed E-state index contributed by atoms with van der Waals surface area (Å²) in [6.07, 6.45) is 1.66. The van der Waals surface area contributed by atoms with Gasteiger partial charge in [-0.15, -0.1) is 11.3 Å². The van der Waals surface area contributed by atoms with E-state index in [9.17, 15) is 14.4 Å². The molecule has 0 atom stereocenters. The fourth-order valence-electron chi connectivity index (χ4n) is 3.39. The van der Waals surface area contributed by atoms with Crippen LogP contribution in [0, 0.1) is 13.8 Å². The molecular weight excluding hydrogens is 406 g/mol. The number of para-hydroxylation sites is 2. The van der Waals surface area contributed by atoms with Gasteiger partial charge in [-0.25, -0.2) is 9.78 Å². The highest BCUT2D eigenvalue weighted by atomic mass is 32.1. The maximum atomic E-state index is 12.6. The number of hydrogen-bond donors (Lipinski definition) is 0. The van der Waals surface area contributed by atoms with Crippen LogP contribution < -0.4 is 5.76 Å². The molecule has 0 aliphatic rings. The number of fused-ring (bicyclic) bond motifs is 1. The first-order valence-electron chi connectivity index (χ1n) is 9.31. The third-order valence-electron chi connectivity index (χ3n) is 4.82. The van der Waals surface area contributed by atoms with Crippen molar-refractivity contribution in [1.82, 2.24) is 14.1 Å². The molecule has 4 aromatic rings. The van der Waals surface area contributed by atoms with Gasteiger partial charge < -0.3 is 9.15 Å². The molecular formula is C21H19N3O5S. The highest BCUT2D eigenvalue weighted by Gasteiger charge is 2.19. The molecule has 0 N–H and O–H groups in total. The molecule has 4 rings (SSSR count). The predicted octanol–water partition coefficient (Wildman–Crippen LogP) is 3.27. The van der Waals surface area contributed by atoms with E-state index in [0.717, 1.165) is 16.5 Å². The Balaban J connectivity index is 1.38. The minimum Gasteiger partial charge on any atom is -0.457 e. The lowest BCUT2D eigenvalue weighted by atomic mass is 10.1. The first-order valence-corrected chi connectivity index (χ1v) is 10.2. The molecule has 0 saturated heterocycles. The minimum atomic E-state index is -0.561. The van der Waals surface area contributed by atoms with Crippen molar-refractivity contribution >= 4 is 34.2 Å². The average molecular weight is 425 g/mol. The molecule has 9 heteroatoms. The number of ketones is 1. The Hall–Kier alpha value is -3.46. The second kappa shape index (κ2) is 8.11. The highest BCUT2D eigenvalue weighted by molar-refractivity contribution is 7.12. The van der Waals surface area contributed by atoms with Crippen molar-refractivity contribution in [2.45, 2.75) is 26.8 Å². The summed E-state index contributed by atoms with van der Waals surface area (Å²) in [7, 11) is 0. The number of hydrogen-bond acceptors (Lipinski definition) is 7. The van der Waals surface area contributed by atoms with Gasteiger partial charge in [-0.3, -0.25) is 18.7 Å². The van der Waals surface area contributed by atoms with Gasteiger partial charge in [0.2, 0.25) is 5.78 Å². The normalized spacial score (nSPS) is 11.1. The molecule has 8 nitrogen and oxygen atoms in total. The SMILES string of the molecule is Cc1cc(C(=O)COC(=O)CCn2c(=O)oc3ccccc32)c(C)n1-c1nccs1. The van der Waals surface area contributed by atoms with Crippen molar-refractivity contribution in [3.05, 3.63) is 69.4 Å². The number of aryl methyl sites for hydroxylation is 2. The van der Waals surface area contributed by atoms with Crippen molar-refractivity contribution in [3.8, 4) is 5.13 Å². The molecule has 0 saturated carbocycles. The number of thiazole rings is 1. The van der Waals surface area contributed by atoms with Gasteiger partial charge in [-0.05, 0) is 32.0 Å². The van der Waals surface area contributed by atoms with Gasteiger partial charge in [0.15, 0.2) is 17.3 Å². The smallest absolute Gasteiger partial charge is 0.419 e. The van der Waals surface area contributed by atoms with Gasteiger partial charge in [-0.2, -0.15) is 0 Å². The van der Waals surface area contributed by atoms with Crippen LogP contribution in [0.1, 0.15) is 28.2 Å². The van der Waals surface area contributed by atoms with Crippen molar-refractivity contribution in [2.24, 2.45) is 0 Å². The largest absolute Gasteiger partial charge is 0.457 e. The second-order valence-corrected chi connectivity index (χ2v) is 7.63. The number of carbonyl (C=O) groups excluding carboxylic acids is 2. The first kappa shape index (κ1) is 19.8. The zero-order chi connectivity index (χ0) is 21.3. The van der Waals surface area contributed by atoms with Crippen LogP contribution >= 0.6 is 11.3 Å². The molecule has 0 aliphatic heterocycles. The molecule has 30 heavy (non-hydrogen) atoms. The van der Waals surface area contributed by atoms with Crippen LogP contribution in [-0.4, -0.2) is 32.5 Å². The minimum absolute atomic E-state index is 0.0468. The highest BCUT2D eigenvalue weighted by Crippen LogP contribution is 2.22. The Morgan fingerprint density at radius 3 is 2.80 bits per heavy atom. The summed E-state index contributed by atoms with van der Waals surface area (Å²) >= 11 is 1.47. The zero-order valence-electron chi connectivity index (χ0n) is 16.5. The van der Waals surface area contributed by atoms with Crippen LogP contribution in [0.4, 0.5) is 0 Å². The van der Waals surface area contributed by atoms with Gasteiger partial charge in [0.05, 0.1) is 11.9 Å². The maximum absolute atomic E-state index is 12.6. The van der Waals surface area contributed by atoms with E-state index in [2.05, 4.69) is 4.98 Å². The lowest BCUT2D eigenvalue weighted by Crippen LogP contribution is -2.19. The van der Waals surface area contributed by atoms with Crippen LogP contribution in [0.25, 0.3) is 16.2 Å². The van der Waals surface area contributed by atoms with E-state index in [-0.39, 0.29) is 25.4 Å². The van der Waals surface area contributed by atoms with Crippen LogP contribution in [0.3, 0.4) is 0 Å². The summed E-state index contributed by atoms with van der Waals surface area (Å²) in [4.78, 5) is 41.0. The zero-order valence-corrected chi connectivity index (χ0v) is 17.3. The number of carbonyl (C=O) groups is 2. The fraction of sp³-hybridized carbons (Fsp3) is 0.238. The van der Waals surface area contributed by atoms with Crippen molar-refractivity contribution in [2.75, 3.05) is 6.61 Å². The lowest BCUT2D eigenvalue weighted by molar-refractivity contribution is -0.142. The molecule has 154 valence electrons. The van der Waals surface area contributed by atoms with Crippen LogP contribution in [-0.2, 0) is 16.1 Å². The Kier molecular flexibility index (Phi) is 5.37. The number of ether oxygens (including phenoxy) is 1. The number of aromatic nitrogens is 3. The molecule has 3 heterocycles. The molecule has 0 spiro atoms. The summed E-state index contributed by atoms with van der Waals surface area (Å²) in [6, 6.07) is 8.75. The van der Waals surface area contributed by atoms with E-state index in [1.165, 1.54) is 15.9 Å². The molecule has 1 aromatic carbocycles. The van der Waals surface area contributed by atoms with Crippen LogP contribution in [0.2, 0.25) is 0 Å². The number of Topliss-reactive ketones (excluding diaryl/α,β-unsaturated/α-hetero) is 1. The van der Waals surface area contributed by atoms with Crippen molar-refractivity contribution < 1.29 is 18.7 Å². The molecule has 0 unspecified atom stereocenters. The Bertz CT molecular complexity index is 1280. The fourth-order valence-corrected chi connectivity index (χ4v) is 4.14. The van der Waals surface area contributed by atoms with E-state index >= 15 is 0 Å². The molecule has 0 bridgehead atoms. The summed E-state index contributed by atoms with van der Waals surface area (Å²) in [5, 5.41) is 2.64. The summed E-state index contributed by atoms with van der Waals surface area (Å²) in [6.45, 7) is 3.48. The summed E-state index contributed by atoms with van der Waals surface area (Å²) < 4.78 is 13.6. The van der Waals surface area contributed by atoms with E-state index in [1.807, 2.05) is 23.8 Å². The van der Waals surface area contributed by atoms with E-state index in [4.69, 9.17) is 9.15 Å². The standard InChI is InChI=1S/C21H19N3O5S/c1-13-11-15(14(2)24(13)20-22-8-10-30-20)17(25)12-28-19(26)7-9-23-16-5-3-4-6-18(16)29-21(23)27/h3-6,8,10-11H,7,9,12H2,1-2H3. The van der Waals surface area contributed by atoms with E-state index < -0.39 is 11.7 Å².